The van der Waals surface area contributed by atoms with Gasteiger partial charge >= 0.3 is 6.18 Å². The van der Waals surface area contributed by atoms with Crippen LogP contribution in [0, 0.1) is 5.92 Å². The second kappa shape index (κ2) is 9.46. The number of carbonyl (C=O) groups is 1. The van der Waals surface area contributed by atoms with Gasteiger partial charge in [-0.3, -0.25) is 4.79 Å². The first-order chi connectivity index (χ1) is 9.65. The van der Waals surface area contributed by atoms with E-state index in [0.717, 1.165) is 13.5 Å². The molecule has 21 heavy (non-hydrogen) atoms. The summed E-state index contributed by atoms with van der Waals surface area (Å²) in [6.07, 6.45) is -3.46. The predicted molar refractivity (Wildman–Crippen MR) is 77.1 cm³/mol. The van der Waals surface area contributed by atoms with Gasteiger partial charge in [0.1, 0.15) is 13.1 Å². The number of carbonyl (C=O) groups excluding carboxylic acids is 1. The van der Waals surface area contributed by atoms with Crippen LogP contribution in [0.5, 0.6) is 0 Å². The largest absolute Gasteiger partial charge is 0.406 e. The summed E-state index contributed by atoms with van der Waals surface area (Å²) < 4.78 is 36.5. The number of hydrogen-bond donors (Lipinski definition) is 2. The minimum absolute atomic E-state index is 0.316. The molecule has 0 spiro atoms. The van der Waals surface area contributed by atoms with E-state index in [4.69, 9.17) is 0 Å². The Bertz CT molecular complexity index is 343. The first kappa shape index (κ1) is 19.5. The molecule has 1 amide bonds. The Morgan fingerprint density at radius 2 is 1.90 bits per heavy atom. The van der Waals surface area contributed by atoms with Crippen LogP contribution < -0.4 is 10.6 Å². The molecule has 0 aliphatic carbocycles. The van der Waals surface area contributed by atoms with Gasteiger partial charge in [0.2, 0.25) is 5.91 Å². The van der Waals surface area contributed by atoms with Gasteiger partial charge in [-0.05, 0) is 19.3 Å². The van der Waals surface area contributed by atoms with Crippen LogP contribution in [0.4, 0.5) is 13.2 Å². The Morgan fingerprint density at radius 3 is 2.38 bits per heavy atom. The molecular formula is C13H25F3N4O. The van der Waals surface area contributed by atoms with Gasteiger partial charge in [0.15, 0.2) is 5.96 Å². The standard InChI is InChI=1S/C13H25F3N4O/c1-5-17-12(18-7-6-10(2)3)19-8-11(21)20(4)9-13(14,15)16/h10H,5-9H2,1-4H3,(H2,17,18,19). The Hall–Kier alpha value is -1.47. The number of hydrogen-bond acceptors (Lipinski definition) is 2. The molecule has 0 atom stereocenters. The van der Waals surface area contributed by atoms with Crippen LogP contribution in [-0.4, -0.2) is 56.2 Å². The number of likely N-dealkylation sites (N-methyl/N-ethyl adjacent to an activating group) is 1. The highest BCUT2D eigenvalue weighted by atomic mass is 19.4. The predicted octanol–water partition coefficient (Wildman–Crippen LogP) is 1.61. The summed E-state index contributed by atoms with van der Waals surface area (Å²) in [5.74, 6) is 0.292. The van der Waals surface area contributed by atoms with E-state index in [0.29, 0.717) is 29.9 Å². The maximum atomic E-state index is 12.2. The fourth-order valence-electron chi connectivity index (χ4n) is 1.45. The molecule has 0 aliphatic heterocycles. The van der Waals surface area contributed by atoms with Crippen LogP contribution in [0.1, 0.15) is 27.2 Å². The maximum absolute atomic E-state index is 12.2. The highest BCUT2D eigenvalue weighted by molar-refractivity contribution is 5.84. The summed E-state index contributed by atoms with van der Waals surface area (Å²) in [6, 6.07) is 0. The van der Waals surface area contributed by atoms with Crippen molar-refractivity contribution in [2.24, 2.45) is 10.9 Å². The molecular weight excluding hydrogens is 285 g/mol. The quantitative estimate of drug-likeness (QED) is 0.555. The Labute approximate surface area is 124 Å². The topological polar surface area (TPSA) is 56.7 Å². The zero-order chi connectivity index (χ0) is 16.5. The van der Waals surface area contributed by atoms with Crippen molar-refractivity contribution in [1.82, 2.24) is 15.5 Å². The van der Waals surface area contributed by atoms with Crippen LogP contribution in [0.2, 0.25) is 0 Å². The number of amides is 1. The van der Waals surface area contributed by atoms with Gasteiger partial charge in [0, 0.05) is 20.1 Å². The van der Waals surface area contributed by atoms with E-state index in [9.17, 15) is 18.0 Å². The van der Waals surface area contributed by atoms with E-state index in [1.54, 1.807) is 0 Å². The van der Waals surface area contributed by atoms with E-state index >= 15 is 0 Å². The van der Waals surface area contributed by atoms with Crippen LogP contribution >= 0.6 is 0 Å². The minimum atomic E-state index is -4.39. The third-order valence-corrected chi connectivity index (χ3v) is 2.57. The number of nitrogens with zero attached hydrogens (tertiary/aromatic N) is 2. The normalized spacial score (nSPS) is 12.5. The molecule has 0 saturated carbocycles. The van der Waals surface area contributed by atoms with Gasteiger partial charge in [0.25, 0.3) is 0 Å². The Morgan fingerprint density at radius 1 is 1.29 bits per heavy atom. The molecule has 124 valence electrons. The van der Waals surface area contributed by atoms with Crippen molar-refractivity contribution >= 4 is 11.9 Å². The van der Waals surface area contributed by atoms with Crippen molar-refractivity contribution in [3.63, 3.8) is 0 Å². The molecule has 0 aliphatic rings. The van der Waals surface area contributed by atoms with E-state index in [1.165, 1.54) is 0 Å². The maximum Gasteiger partial charge on any atom is 0.406 e. The average molecular weight is 310 g/mol. The molecule has 0 rings (SSSR count). The minimum Gasteiger partial charge on any atom is -0.357 e. The van der Waals surface area contributed by atoms with E-state index in [1.807, 2.05) is 6.92 Å². The molecule has 0 aromatic heterocycles. The fourth-order valence-corrected chi connectivity index (χ4v) is 1.45. The second-order valence-corrected chi connectivity index (χ2v) is 5.17. The molecule has 2 N–H and O–H groups in total. The number of aliphatic imine (C=N–C) groups is 1. The molecule has 0 fully saturated rings. The molecule has 0 saturated heterocycles. The number of guanidine groups is 1. The van der Waals surface area contributed by atoms with Crippen molar-refractivity contribution in [2.75, 3.05) is 33.2 Å². The summed E-state index contributed by atoms with van der Waals surface area (Å²) in [7, 11) is 1.12. The highest BCUT2D eigenvalue weighted by Crippen LogP contribution is 2.15. The van der Waals surface area contributed by atoms with Crippen molar-refractivity contribution in [1.29, 1.82) is 0 Å². The summed E-state index contributed by atoms with van der Waals surface area (Å²) in [4.78, 5) is 16.2. The lowest BCUT2D eigenvalue weighted by Gasteiger charge is -2.18. The van der Waals surface area contributed by atoms with Gasteiger partial charge in [-0.15, -0.1) is 0 Å². The monoisotopic (exact) mass is 310 g/mol. The molecule has 8 heteroatoms. The zero-order valence-corrected chi connectivity index (χ0v) is 13.0. The summed E-state index contributed by atoms with van der Waals surface area (Å²) in [5, 5.41) is 5.99. The molecule has 0 heterocycles. The summed E-state index contributed by atoms with van der Waals surface area (Å²) in [5.41, 5.74) is 0. The Balaban J connectivity index is 4.37. The van der Waals surface area contributed by atoms with Crippen molar-refractivity contribution < 1.29 is 18.0 Å². The van der Waals surface area contributed by atoms with Gasteiger partial charge in [-0.25, -0.2) is 4.99 Å². The summed E-state index contributed by atoms with van der Waals surface area (Å²) >= 11 is 0. The number of rotatable bonds is 7. The first-order valence-electron chi connectivity index (χ1n) is 6.98. The molecule has 0 bridgehead atoms. The second-order valence-electron chi connectivity index (χ2n) is 5.17. The third-order valence-electron chi connectivity index (χ3n) is 2.57. The third kappa shape index (κ3) is 10.9. The van der Waals surface area contributed by atoms with Gasteiger partial charge in [-0.2, -0.15) is 13.2 Å². The first-order valence-corrected chi connectivity index (χ1v) is 6.98. The molecule has 0 radical (unpaired) electrons. The summed E-state index contributed by atoms with van der Waals surface area (Å²) in [6.45, 7) is 5.76. The molecule has 0 unspecified atom stereocenters. The van der Waals surface area contributed by atoms with Gasteiger partial charge in [-0.1, -0.05) is 13.8 Å². The molecule has 0 aromatic rings. The lowest BCUT2D eigenvalue weighted by Crippen LogP contribution is -2.40. The van der Waals surface area contributed by atoms with Crippen molar-refractivity contribution in [3.8, 4) is 0 Å². The molecule has 5 nitrogen and oxygen atoms in total. The average Bonchev–Trinajstić information content (AvgIpc) is 2.32. The number of alkyl halides is 3. The fraction of sp³-hybridized carbons (Fsp3) is 0.846. The van der Waals surface area contributed by atoms with Crippen LogP contribution in [-0.2, 0) is 4.79 Å². The SMILES string of the molecule is CCNC(=NCC(=O)N(C)CC(F)(F)F)NCCC(C)C. The number of halogens is 3. The zero-order valence-electron chi connectivity index (χ0n) is 13.0. The van der Waals surface area contributed by atoms with E-state index in [2.05, 4.69) is 29.5 Å². The number of nitrogens with one attached hydrogen (secondary N) is 2. The lowest BCUT2D eigenvalue weighted by molar-refractivity contribution is -0.157. The van der Waals surface area contributed by atoms with E-state index in [-0.39, 0.29) is 6.54 Å². The van der Waals surface area contributed by atoms with Crippen LogP contribution in [0.15, 0.2) is 4.99 Å². The smallest absolute Gasteiger partial charge is 0.357 e. The highest BCUT2D eigenvalue weighted by Gasteiger charge is 2.30. The van der Waals surface area contributed by atoms with Crippen LogP contribution in [0.25, 0.3) is 0 Å². The lowest BCUT2D eigenvalue weighted by atomic mass is 10.1. The van der Waals surface area contributed by atoms with E-state index < -0.39 is 18.6 Å². The molecule has 0 aromatic carbocycles. The van der Waals surface area contributed by atoms with Crippen molar-refractivity contribution in [3.05, 3.63) is 0 Å². The van der Waals surface area contributed by atoms with Crippen molar-refractivity contribution in [2.45, 2.75) is 33.4 Å². The van der Waals surface area contributed by atoms with Crippen LogP contribution in [0.3, 0.4) is 0 Å². The Kier molecular flexibility index (Phi) is 8.80. The van der Waals surface area contributed by atoms with Gasteiger partial charge < -0.3 is 15.5 Å². The van der Waals surface area contributed by atoms with Gasteiger partial charge in [0.05, 0.1) is 0 Å².